The van der Waals surface area contributed by atoms with Gasteiger partial charge in [0.25, 0.3) is 5.91 Å². The average Bonchev–Trinajstić information content (AvgIpc) is 2.85. The summed E-state index contributed by atoms with van der Waals surface area (Å²) in [5, 5.41) is 6.43. The number of ether oxygens (including phenoxy) is 1. The molecule has 0 saturated carbocycles. The first-order valence-electron chi connectivity index (χ1n) is 4.98. The Morgan fingerprint density at radius 2 is 2.24 bits per heavy atom. The van der Waals surface area contributed by atoms with Gasteiger partial charge in [-0.25, -0.2) is 0 Å². The Morgan fingerprint density at radius 1 is 1.41 bits per heavy atom. The van der Waals surface area contributed by atoms with E-state index in [2.05, 4.69) is 5.32 Å². The molecule has 0 aliphatic carbocycles. The zero-order valence-corrected chi connectivity index (χ0v) is 10.1. The monoisotopic (exact) mass is 248 g/mol. The minimum Gasteiger partial charge on any atom is -0.495 e. The van der Waals surface area contributed by atoms with Gasteiger partial charge in [-0.05, 0) is 23.6 Å². The predicted molar refractivity (Wildman–Crippen MR) is 69.7 cm³/mol. The fourth-order valence-corrected chi connectivity index (χ4v) is 2.02. The van der Waals surface area contributed by atoms with Crippen LogP contribution < -0.4 is 15.8 Å². The Hall–Kier alpha value is -2.01. The summed E-state index contributed by atoms with van der Waals surface area (Å²) in [5.41, 5.74) is 7.54. The summed E-state index contributed by atoms with van der Waals surface area (Å²) in [6.07, 6.45) is 0. The van der Waals surface area contributed by atoms with Gasteiger partial charge in [-0.3, -0.25) is 4.79 Å². The number of nitrogens with two attached hydrogens (primary N) is 1. The van der Waals surface area contributed by atoms with E-state index in [1.165, 1.54) is 18.4 Å². The van der Waals surface area contributed by atoms with E-state index < -0.39 is 0 Å². The van der Waals surface area contributed by atoms with Crippen molar-refractivity contribution in [3.63, 3.8) is 0 Å². The second-order valence-corrected chi connectivity index (χ2v) is 4.20. The van der Waals surface area contributed by atoms with Crippen molar-refractivity contribution < 1.29 is 9.53 Å². The summed E-state index contributed by atoms with van der Waals surface area (Å²) in [7, 11) is 1.54. The molecular formula is C12H12N2O2S. The Kier molecular flexibility index (Phi) is 3.30. The molecule has 0 aliphatic heterocycles. The molecule has 5 heteroatoms. The maximum absolute atomic E-state index is 11.8. The van der Waals surface area contributed by atoms with Crippen molar-refractivity contribution in [1.82, 2.24) is 0 Å². The molecule has 3 N–H and O–H groups in total. The molecule has 1 heterocycles. The third-order valence-electron chi connectivity index (χ3n) is 2.27. The lowest BCUT2D eigenvalue weighted by Gasteiger charge is -2.08. The summed E-state index contributed by atoms with van der Waals surface area (Å²) in [6.45, 7) is 0. The second kappa shape index (κ2) is 4.88. The first kappa shape index (κ1) is 11.5. The van der Waals surface area contributed by atoms with E-state index in [4.69, 9.17) is 10.5 Å². The molecule has 88 valence electrons. The molecule has 0 radical (unpaired) electrons. The smallest absolute Gasteiger partial charge is 0.256 e. The molecule has 0 unspecified atom stereocenters. The molecule has 2 rings (SSSR count). The number of methoxy groups -OCH3 is 1. The van der Waals surface area contributed by atoms with E-state index in [9.17, 15) is 4.79 Å². The van der Waals surface area contributed by atoms with Crippen molar-refractivity contribution in [3.8, 4) is 5.75 Å². The van der Waals surface area contributed by atoms with Gasteiger partial charge in [0.1, 0.15) is 5.75 Å². The van der Waals surface area contributed by atoms with E-state index in [1.54, 1.807) is 29.6 Å². The number of nitrogens with one attached hydrogen (secondary N) is 1. The summed E-state index contributed by atoms with van der Waals surface area (Å²) >= 11 is 1.48. The summed E-state index contributed by atoms with van der Waals surface area (Å²) in [4.78, 5) is 11.8. The van der Waals surface area contributed by atoms with Crippen molar-refractivity contribution in [2.24, 2.45) is 0 Å². The number of carbonyl (C=O) groups excluding carboxylic acids is 1. The van der Waals surface area contributed by atoms with Gasteiger partial charge in [0.05, 0.1) is 18.4 Å². The summed E-state index contributed by atoms with van der Waals surface area (Å²) < 4.78 is 5.08. The van der Waals surface area contributed by atoms with Gasteiger partial charge in [0.15, 0.2) is 0 Å². The van der Waals surface area contributed by atoms with Crippen LogP contribution in [0.5, 0.6) is 5.75 Å². The topological polar surface area (TPSA) is 64.3 Å². The van der Waals surface area contributed by atoms with Crippen LogP contribution in [0.3, 0.4) is 0 Å². The van der Waals surface area contributed by atoms with Crippen LogP contribution >= 0.6 is 11.3 Å². The highest BCUT2D eigenvalue weighted by Gasteiger charge is 2.07. The van der Waals surface area contributed by atoms with Crippen LogP contribution in [0.4, 0.5) is 11.4 Å². The van der Waals surface area contributed by atoms with Crippen LogP contribution in [-0.4, -0.2) is 13.0 Å². The molecule has 1 amide bonds. The SMILES string of the molecule is COc1cc(NC(=O)c2ccsc2)ccc1N. The fourth-order valence-electron chi connectivity index (χ4n) is 1.39. The number of carbonyl (C=O) groups is 1. The minimum absolute atomic E-state index is 0.141. The number of hydrogen-bond acceptors (Lipinski definition) is 4. The molecule has 0 aliphatic rings. The molecule has 4 nitrogen and oxygen atoms in total. The maximum atomic E-state index is 11.8. The number of rotatable bonds is 3. The van der Waals surface area contributed by atoms with Crippen LogP contribution in [-0.2, 0) is 0 Å². The summed E-state index contributed by atoms with van der Waals surface area (Å²) in [6, 6.07) is 6.90. The molecule has 0 fully saturated rings. The lowest BCUT2D eigenvalue weighted by Crippen LogP contribution is -2.10. The number of anilines is 2. The number of nitrogen functional groups attached to an aromatic ring is 1. The number of benzene rings is 1. The summed E-state index contributed by atoms with van der Waals surface area (Å²) in [5.74, 6) is 0.409. The highest BCUT2D eigenvalue weighted by atomic mass is 32.1. The van der Waals surface area contributed by atoms with Crippen LogP contribution in [0.1, 0.15) is 10.4 Å². The molecule has 0 saturated heterocycles. The third kappa shape index (κ3) is 2.57. The zero-order valence-electron chi connectivity index (χ0n) is 9.27. The highest BCUT2D eigenvalue weighted by Crippen LogP contribution is 2.25. The molecular weight excluding hydrogens is 236 g/mol. The first-order chi connectivity index (χ1) is 8.20. The van der Waals surface area contributed by atoms with E-state index >= 15 is 0 Å². The number of amides is 1. The van der Waals surface area contributed by atoms with Gasteiger partial charge < -0.3 is 15.8 Å². The lowest BCUT2D eigenvalue weighted by atomic mass is 10.2. The third-order valence-corrected chi connectivity index (χ3v) is 2.96. The van der Waals surface area contributed by atoms with Crippen molar-refractivity contribution in [1.29, 1.82) is 0 Å². The van der Waals surface area contributed by atoms with Crippen LogP contribution in [0.2, 0.25) is 0 Å². The molecule has 1 aromatic heterocycles. The van der Waals surface area contributed by atoms with Gasteiger partial charge >= 0.3 is 0 Å². The standard InChI is InChI=1S/C12H12N2O2S/c1-16-11-6-9(2-3-10(11)13)14-12(15)8-4-5-17-7-8/h2-7H,13H2,1H3,(H,14,15). The maximum Gasteiger partial charge on any atom is 0.256 e. The average molecular weight is 248 g/mol. The van der Waals surface area contributed by atoms with Gasteiger partial charge in [0, 0.05) is 17.1 Å². The molecule has 17 heavy (non-hydrogen) atoms. The Labute approximate surface area is 103 Å². The Bertz CT molecular complexity index is 523. The Morgan fingerprint density at radius 3 is 2.88 bits per heavy atom. The van der Waals surface area contributed by atoms with E-state index in [0.29, 0.717) is 22.7 Å². The van der Waals surface area contributed by atoms with Crippen LogP contribution in [0.25, 0.3) is 0 Å². The molecule has 2 aromatic rings. The van der Waals surface area contributed by atoms with Gasteiger partial charge in [-0.2, -0.15) is 11.3 Å². The van der Waals surface area contributed by atoms with Gasteiger partial charge in [-0.1, -0.05) is 0 Å². The molecule has 1 aromatic carbocycles. The normalized spacial score (nSPS) is 9.94. The zero-order chi connectivity index (χ0) is 12.3. The first-order valence-corrected chi connectivity index (χ1v) is 5.92. The molecule has 0 atom stereocenters. The molecule has 0 bridgehead atoms. The van der Waals surface area contributed by atoms with Crippen molar-refractivity contribution in [2.45, 2.75) is 0 Å². The quantitative estimate of drug-likeness (QED) is 0.820. The highest BCUT2D eigenvalue weighted by molar-refractivity contribution is 7.08. The Balaban J connectivity index is 2.16. The van der Waals surface area contributed by atoms with Crippen molar-refractivity contribution in [3.05, 3.63) is 40.6 Å². The van der Waals surface area contributed by atoms with Crippen LogP contribution in [0, 0.1) is 0 Å². The van der Waals surface area contributed by atoms with Crippen molar-refractivity contribution >= 4 is 28.6 Å². The van der Waals surface area contributed by atoms with E-state index in [1.807, 2.05) is 5.38 Å². The van der Waals surface area contributed by atoms with Gasteiger partial charge in [0.2, 0.25) is 0 Å². The van der Waals surface area contributed by atoms with Crippen molar-refractivity contribution in [2.75, 3.05) is 18.2 Å². The van der Waals surface area contributed by atoms with E-state index in [-0.39, 0.29) is 5.91 Å². The fraction of sp³-hybridized carbons (Fsp3) is 0.0833. The molecule has 0 spiro atoms. The second-order valence-electron chi connectivity index (χ2n) is 3.42. The lowest BCUT2D eigenvalue weighted by molar-refractivity contribution is 0.102. The minimum atomic E-state index is -0.141. The number of thiophene rings is 1. The number of hydrogen-bond donors (Lipinski definition) is 2. The van der Waals surface area contributed by atoms with E-state index in [0.717, 1.165) is 0 Å². The predicted octanol–water partition coefficient (Wildman–Crippen LogP) is 2.59. The van der Waals surface area contributed by atoms with Gasteiger partial charge in [-0.15, -0.1) is 0 Å². The largest absolute Gasteiger partial charge is 0.495 e. The van der Waals surface area contributed by atoms with Crippen LogP contribution in [0.15, 0.2) is 35.0 Å².